The average Bonchev–Trinajstić information content (AvgIpc) is 3.20. The zero-order valence-electron chi connectivity index (χ0n) is 15.6. The zero-order chi connectivity index (χ0) is 19.8. The number of hydrogen-bond acceptors (Lipinski definition) is 5. The second kappa shape index (κ2) is 7.20. The highest BCUT2D eigenvalue weighted by Gasteiger charge is 2.28. The summed E-state index contributed by atoms with van der Waals surface area (Å²) >= 11 is 1.48. The molecular formula is C20H20N4O3S. The number of H-pyrrole nitrogens is 1. The van der Waals surface area contributed by atoms with E-state index < -0.39 is 0 Å². The molecule has 0 spiro atoms. The number of aromatic amines is 1. The molecule has 4 rings (SSSR count). The Balaban J connectivity index is 1.61. The van der Waals surface area contributed by atoms with Gasteiger partial charge in [0, 0.05) is 5.56 Å². The van der Waals surface area contributed by atoms with Gasteiger partial charge < -0.3 is 10.3 Å². The normalized spacial score (nSPS) is 14.3. The zero-order valence-corrected chi connectivity index (χ0v) is 16.4. The molecule has 1 aliphatic heterocycles. The molecule has 28 heavy (non-hydrogen) atoms. The van der Waals surface area contributed by atoms with Gasteiger partial charge in [0.2, 0.25) is 5.91 Å². The van der Waals surface area contributed by atoms with Gasteiger partial charge in [-0.2, -0.15) is 0 Å². The summed E-state index contributed by atoms with van der Waals surface area (Å²) in [4.78, 5) is 45.4. The molecule has 0 radical (unpaired) electrons. The summed E-state index contributed by atoms with van der Waals surface area (Å²) in [6, 6.07) is 6.95. The number of thiophene rings is 1. The Morgan fingerprint density at radius 3 is 2.57 bits per heavy atom. The molecule has 8 heteroatoms. The first-order chi connectivity index (χ1) is 13.4. The molecule has 3 heterocycles. The smallest absolute Gasteiger partial charge is 0.324 e. The van der Waals surface area contributed by atoms with Crippen LogP contribution < -0.4 is 10.9 Å². The number of amides is 3. The Morgan fingerprint density at radius 1 is 1.18 bits per heavy atom. The van der Waals surface area contributed by atoms with Crippen LogP contribution in [0.1, 0.15) is 25.0 Å². The molecule has 0 aliphatic carbocycles. The van der Waals surface area contributed by atoms with Crippen molar-refractivity contribution in [2.75, 3.05) is 6.54 Å². The van der Waals surface area contributed by atoms with E-state index in [-0.39, 0.29) is 30.6 Å². The summed E-state index contributed by atoms with van der Waals surface area (Å²) in [5.74, 6) is 0.742. The average molecular weight is 396 g/mol. The van der Waals surface area contributed by atoms with Crippen LogP contribution in [-0.2, 0) is 17.8 Å². The van der Waals surface area contributed by atoms with E-state index >= 15 is 0 Å². The van der Waals surface area contributed by atoms with E-state index in [9.17, 15) is 14.4 Å². The van der Waals surface area contributed by atoms with Crippen molar-refractivity contribution in [3.63, 3.8) is 0 Å². The quantitative estimate of drug-likeness (QED) is 0.648. The molecule has 1 fully saturated rings. The number of aromatic nitrogens is 2. The van der Waals surface area contributed by atoms with Crippen LogP contribution in [0.2, 0.25) is 0 Å². The maximum absolute atomic E-state index is 12.6. The van der Waals surface area contributed by atoms with E-state index in [1.165, 1.54) is 16.2 Å². The summed E-state index contributed by atoms with van der Waals surface area (Å²) in [6.07, 6.45) is 0.849. The van der Waals surface area contributed by atoms with Crippen molar-refractivity contribution in [3.8, 4) is 11.4 Å². The molecule has 0 saturated carbocycles. The number of hydrogen-bond donors (Lipinski definition) is 2. The molecule has 1 aromatic carbocycles. The van der Waals surface area contributed by atoms with Crippen molar-refractivity contribution in [1.29, 1.82) is 0 Å². The Morgan fingerprint density at radius 2 is 1.93 bits per heavy atom. The predicted octanol–water partition coefficient (Wildman–Crippen LogP) is 2.90. The first-order valence-electron chi connectivity index (χ1n) is 9.10. The number of imide groups is 1. The number of nitrogens with zero attached hydrogens (tertiary/aromatic N) is 2. The van der Waals surface area contributed by atoms with Crippen molar-refractivity contribution in [2.24, 2.45) is 5.92 Å². The van der Waals surface area contributed by atoms with Gasteiger partial charge >= 0.3 is 6.03 Å². The fourth-order valence-electron chi connectivity index (χ4n) is 3.30. The van der Waals surface area contributed by atoms with E-state index in [0.29, 0.717) is 17.1 Å². The molecular weight excluding hydrogens is 376 g/mol. The lowest BCUT2D eigenvalue weighted by Gasteiger charge is -2.12. The topological polar surface area (TPSA) is 95.2 Å². The van der Waals surface area contributed by atoms with Crippen LogP contribution in [0, 0.1) is 5.92 Å². The van der Waals surface area contributed by atoms with Crippen LogP contribution in [0.15, 0.2) is 34.4 Å². The summed E-state index contributed by atoms with van der Waals surface area (Å²) in [7, 11) is 0. The minimum absolute atomic E-state index is 0.0434. The lowest BCUT2D eigenvalue weighted by molar-refractivity contribution is -0.125. The fraction of sp³-hybridized carbons (Fsp3) is 0.300. The first kappa shape index (κ1) is 18.4. The Hall–Kier alpha value is -3.00. The van der Waals surface area contributed by atoms with Gasteiger partial charge in [-0.05, 0) is 28.8 Å². The summed E-state index contributed by atoms with van der Waals surface area (Å²) in [5, 5.41) is 5.19. The van der Waals surface area contributed by atoms with Gasteiger partial charge in [-0.15, -0.1) is 11.3 Å². The first-order valence-corrected chi connectivity index (χ1v) is 9.98. The molecule has 2 aromatic heterocycles. The molecule has 3 amide bonds. The summed E-state index contributed by atoms with van der Waals surface area (Å²) < 4.78 is 0. The van der Waals surface area contributed by atoms with Gasteiger partial charge in [0.15, 0.2) is 0 Å². The Kier molecular flexibility index (Phi) is 4.72. The molecule has 144 valence electrons. The minimum atomic E-state index is -0.375. The predicted molar refractivity (Wildman–Crippen MR) is 108 cm³/mol. The van der Waals surface area contributed by atoms with Gasteiger partial charge in [-0.25, -0.2) is 9.78 Å². The highest BCUT2D eigenvalue weighted by molar-refractivity contribution is 7.16. The van der Waals surface area contributed by atoms with E-state index in [1.807, 2.05) is 29.6 Å². The van der Waals surface area contributed by atoms with Crippen LogP contribution in [0.3, 0.4) is 0 Å². The maximum Gasteiger partial charge on any atom is 0.324 e. The van der Waals surface area contributed by atoms with Crippen molar-refractivity contribution < 1.29 is 9.59 Å². The summed E-state index contributed by atoms with van der Waals surface area (Å²) in [6.45, 7) is 4.51. The molecule has 0 bridgehead atoms. The minimum Gasteiger partial charge on any atom is -0.329 e. The number of urea groups is 1. The monoisotopic (exact) mass is 396 g/mol. The van der Waals surface area contributed by atoms with E-state index in [0.717, 1.165) is 27.9 Å². The number of rotatable bonds is 5. The third kappa shape index (κ3) is 3.43. The van der Waals surface area contributed by atoms with Crippen LogP contribution >= 0.6 is 11.3 Å². The second-order valence-electron chi connectivity index (χ2n) is 7.29. The second-order valence-corrected chi connectivity index (χ2v) is 8.15. The standard InChI is InChI=1S/C20H20N4O3S/c1-11(2)7-14-10-28-19-16(14)18(26)22-17(23-19)13-5-3-12(4-6-13)9-24-15(25)8-21-20(24)27/h3-6,10-11H,7-9H2,1-2H3,(H,21,27)(H,22,23,26). The van der Waals surface area contributed by atoms with Gasteiger partial charge in [-0.1, -0.05) is 38.1 Å². The van der Waals surface area contributed by atoms with Crippen molar-refractivity contribution in [2.45, 2.75) is 26.8 Å². The van der Waals surface area contributed by atoms with Crippen LogP contribution in [0.25, 0.3) is 21.6 Å². The third-order valence-electron chi connectivity index (χ3n) is 4.65. The van der Waals surface area contributed by atoms with Gasteiger partial charge in [0.05, 0.1) is 18.5 Å². The van der Waals surface area contributed by atoms with Gasteiger partial charge in [0.25, 0.3) is 5.56 Å². The molecule has 3 aromatic rings. The lowest BCUT2D eigenvalue weighted by Crippen LogP contribution is -2.30. The number of carbonyl (C=O) groups is 2. The largest absolute Gasteiger partial charge is 0.329 e. The number of benzene rings is 1. The fourth-order valence-corrected chi connectivity index (χ4v) is 4.25. The van der Waals surface area contributed by atoms with Crippen molar-refractivity contribution in [3.05, 3.63) is 51.1 Å². The molecule has 7 nitrogen and oxygen atoms in total. The van der Waals surface area contributed by atoms with Crippen LogP contribution in [0.4, 0.5) is 4.79 Å². The molecule has 1 aliphatic rings. The molecule has 2 N–H and O–H groups in total. The Bertz CT molecular complexity index is 1100. The number of carbonyl (C=O) groups excluding carboxylic acids is 2. The molecule has 1 saturated heterocycles. The number of fused-ring (bicyclic) bond motifs is 1. The molecule has 0 unspecified atom stereocenters. The lowest BCUT2D eigenvalue weighted by atomic mass is 10.0. The van der Waals surface area contributed by atoms with Crippen molar-refractivity contribution >= 4 is 33.5 Å². The Labute approximate surface area is 165 Å². The van der Waals surface area contributed by atoms with E-state index in [1.54, 1.807) is 0 Å². The third-order valence-corrected chi connectivity index (χ3v) is 5.57. The van der Waals surface area contributed by atoms with Crippen LogP contribution in [-0.4, -0.2) is 33.4 Å². The highest BCUT2D eigenvalue weighted by Crippen LogP contribution is 2.26. The van der Waals surface area contributed by atoms with Gasteiger partial charge in [-0.3, -0.25) is 14.5 Å². The van der Waals surface area contributed by atoms with Crippen LogP contribution in [0.5, 0.6) is 0 Å². The highest BCUT2D eigenvalue weighted by atomic mass is 32.1. The van der Waals surface area contributed by atoms with E-state index in [4.69, 9.17) is 0 Å². The van der Waals surface area contributed by atoms with Crippen molar-refractivity contribution in [1.82, 2.24) is 20.2 Å². The van der Waals surface area contributed by atoms with E-state index in [2.05, 4.69) is 29.1 Å². The SMILES string of the molecule is CC(C)Cc1csc2nc(-c3ccc(CN4C(=O)CNC4=O)cc3)[nH]c(=O)c12. The molecule has 0 atom stereocenters. The summed E-state index contributed by atoms with van der Waals surface area (Å²) in [5.41, 5.74) is 2.52. The number of nitrogens with one attached hydrogen (secondary N) is 2. The van der Waals surface area contributed by atoms with Gasteiger partial charge in [0.1, 0.15) is 10.7 Å². The maximum atomic E-state index is 12.6.